The van der Waals surface area contributed by atoms with E-state index in [1.165, 1.54) is 12.1 Å². The van der Waals surface area contributed by atoms with E-state index in [2.05, 4.69) is 22.5 Å². The topological polar surface area (TPSA) is 90.9 Å². The molecule has 2 aromatic carbocycles. The quantitative estimate of drug-likeness (QED) is 0.531. The van der Waals surface area contributed by atoms with Crippen molar-refractivity contribution in [1.29, 1.82) is 0 Å². The molecule has 1 aliphatic heterocycles. The van der Waals surface area contributed by atoms with Gasteiger partial charge in [-0.3, -0.25) is 4.79 Å². The first-order valence-electron chi connectivity index (χ1n) is 10.9. The minimum absolute atomic E-state index is 0.0162. The Bertz CT molecular complexity index is 947. The predicted octanol–water partition coefficient (Wildman–Crippen LogP) is 5.05. The second-order valence-corrected chi connectivity index (χ2v) is 7.96. The summed E-state index contributed by atoms with van der Waals surface area (Å²) < 4.78 is 19.5. The number of amides is 2. The van der Waals surface area contributed by atoms with E-state index in [1.54, 1.807) is 12.1 Å². The van der Waals surface area contributed by atoms with E-state index in [-0.39, 0.29) is 24.1 Å². The first-order chi connectivity index (χ1) is 15.4. The summed E-state index contributed by atoms with van der Waals surface area (Å²) in [4.78, 5) is 26.1. The minimum atomic E-state index is -0.884. The van der Waals surface area contributed by atoms with Crippen molar-refractivity contribution >= 4 is 29.1 Å². The van der Waals surface area contributed by atoms with Crippen LogP contribution in [0.3, 0.4) is 0 Å². The Morgan fingerprint density at radius 3 is 2.50 bits per heavy atom. The second-order valence-electron chi connectivity index (χ2n) is 7.96. The molecule has 2 aromatic rings. The number of benzene rings is 2. The van der Waals surface area contributed by atoms with Crippen LogP contribution in [-0.4, -0.2) is 42.9 Å². The molecule has 1 unspecified atom stereocenters. The molecule has 0 radical (unpaired) electrons. The molecule has 7 nitrogen and oxygen atoms in total. The van der Waals surface area contributed by atoms with Gasteiger partial charge < -0.3 is 25.4 Å². The molecule has 172 valence electrons. The van der Waals surface area contributed by atoms with Crippen LogP contribution in [0.1, 0.15) is 44.6 Å². The van der Waals surface area contributed by atoms with E-state index >= 15 is 0 Å². The highest BCUT2D eigenvalue weighted by molar-refractivity contribution is 6.02. The summed E-state index contributed by atoms with van der Waals surface area (Å²) in [7, 11) is 0. The van der Waals surface area contributed by atoms with E-state index in [1.807, 2.05) is 25.1 Å². The summed E-state index contributed by atoms with van der Waals surface area (Å²) >= 11 is 0. The van der Waals surface area contributed by atoms with Crippen molar-refractivity contribution in [2.45, 2.75) is 45.1 Å². The summed E-state index contributed by atoms with van der Waals surface area (Å²) in [6.07, 6.45) is 1.75. The van der Waals surface area contributed by atoms with E-state index in [4.69, 9.17) is 9.84 Å². The average molecular weight is 444 g/mol. The number of carbonyl (C=O) groups excluding carboxylic acids is 1. The highest BCUT2D eigenvalue weighted by Crippen LogP contribution is 2.34. The molecule has 1 atom stereocenters. The molecule has 1 fully saturated rings. The number of hydrogen-bond acceptors (Lipinski definition) is 4. The lowest BCUT2D eigenvalue weighted by Gasteiger charge is -2.36. The van der Waals surface area contributed by atoms with Gasteiger partial charge in [-0.25, -0.2) is 9.18 Å². The standard InChI is InChI=1S/C24H30FN3O4/c1-3-28(18-10-12-32-13-11-18)22-9-8-17(16(2)14-23(29)30)15-21(22)27-24(31)26-20-7-5-4-6-19(20)25/h4-9,15-16,18H,3,10-14H2,1-2H3,(H,29,30)(H2,26,27,31). The maximum absolute atomic E-state index is 14.0. The number of carboxylic acids is 1. The molecule has 0 spiro atoms. The minimum Gasteiger partial charge on any atom is -0.481 e. The lowest BCUT2D eigenvalue weighted by Crippen LogP contribution is -2.40. The summed E-state index contributed by atoms with van der Waals surface area (Å²) in [5.41, 5.74) is 2.29. The summed E-state index contributed by atoms with van der Waals surface area (Å²) in [5, 5.41) is 14.6. The number of hydrogen-bond donors (Lipinski definition) is 3. The number of rotatable bonds is 8. The van der Waals surface area contributed by atoms with Crippen LogP contribution in [0.25, 0.3) is 0 Å². The zero-order chi connectivity index (χ0) is 23.1. The Morgan fingerprint density at radius 1 is 1.16 bits per heavy atom. The largest absolute Gasteiger partial charge is 0.481 e. The van der Waals surface area contributed by atoms with Crippen LogP contribution in [0.2, 0.25) is 0 Å². The molecule has 1 saturated heterocycles. The number of carbonyl (C=O) groups is 2. The van der Waals surface area contributed by atoms with Gasteiger partial charge in [0.05, 0.1) is 23.5 Å². The number of para-hydroxylation sites is 1. The van der Waals surface area contributed by atoms with Crippen LogP contribution >= 0.6 is 0 Å². The van der Waals surface area contributed by atoms with Crippen molar-refractivity contribution in [2.75, 3.05) is 35.3 Å². The smallest absolute Gasteiger partial charge is 0.323 e. The maximum Gasteiger partial charge on any atom is 0.323 e. The lowest BCUT2D eigenvalue weighted by atomic mass is 9.96. The number of nitrogens with one attached hydrogen (secondary N) is 2. The third-order valence-electron chi connectivity index (χ3n) is 5.72. The Labute approximate surface area is 187 Å². The van der Waals surface area contributed by atoms with Gasteiger partial charge in [-0.15, -0.1) is 0 Å². The molecular formula is C24H30FN3O4. The van der Waals surface area contributed by atoms with Gasteiger partial charge in [0.1, 0.15) is 5.82 Å². The van der Waals surface area contributed by atoms with E-state index < -0.39 is 17.8 Å². The van der Waals surface area contributed by atoms with Crippen molar-refractivity contribution in [3.63, 3.8) is 0 Å². The van der Waals surface area contributed by atoms with Gasteiger partial charge in [0, 0.05) is 25.8 Å². The fourth-order valence-electron chi connectivity index (χ4n) is 4.05. The Hall–Kier alpha value is -3.13. The van der Waals surface area contributed by atoms with Crippen LogP contribution in [0.5, 0.6) is 0 Å². The number of anilines is 3. The molecule has 0 aromatic heterocycles. The predicted molar refractivity (Wildman–Crippen MR) is 123 cm³/mol. The third kappa shape index (κ3) is 5.97. The van der Waals surface area contributed by atoms with Gasteiger partial charge in [-0.1, -0.05) is 25.1 Å². The molecule has 32 heavy (non-hydrogen) atoms. The summed E-state index contributed by atoms with van der Waals surface area (Å²) in [6, 6.07) is 11.3. The van der Waals surface area contributed by atoms with Crippen molar-refractivity contribution < 1.29 is 23.8 Å². The van der Waals surface area contributed by atoms with Crippen LogP contribution in [0.4, 0.5) is 26.2 Å². The van der Waals surface area contributed by atoms with E-state index in [0.717, 1.165) is 30.6 Å². The van der Waals surface area contributed by atoms with Gasteiger partial charge in [-0.2, -0.15) is 0 Å². The number of nitrogens with zero attached hydrogens (tertiary/aromatic N) is 1. The van der Waals surface area contributed by atoms with E-state index in [0.29, 0.717) is 18.9 Å². The van der Waals surface area contributed by atoms with Crippen molar-refractivity contribution in [3.8, 4) is 0 Å². The fourth-order valence-corrected chi connectivity index (χ4v) is 4.05. The second kappa shape index (κ2) is 10.9. The summed E-state index contributed by atoms with van der Waals surface area (Å²) in [6.45, 7) is 6.00. The number of carboxylic acid groups (broad SMARTS) is 1. The monoisotopic (exact) mass is 443 g/mol. The highest BCUT2D eigenvalue weighted by Gasteiger charge is 2.24. The van der Waals surface area contributed by atoms with Crippen molar-refractivity contribution in [2.24, 2.45) is 0 Å². The third-order valence-corrected chi connectivity index (χ3v) is 5.72. The number of ether oxygens (including phenoxy) is 1. The average Bonchev–Trinajstić information content (AvgIpc) is 2.77. The maximum atomic E-state index is 14.0. The highest BCUT2D eigenvalue weighted by atomic mass is 19.1. The Morgan fingerprint density at radius 2 is 1.84 bits per heavy atom. The molecule has 2 amide bonds. The van der Waals surface area contributed by atoms with Crippen LogP contribution in [0, 0.1) is 5.82 Å². The van der Waals surface area contributed by atoms with Crippen LogP contribution in [0.15, 0.2) is 42.5 Å². The lowest BCUT2D eigenvalue weighted by molar-refractivity contribution is -0.137. The number of urea groups is 1. The fraction of sp³-hybridized carbons (Fsp3) is 0.417. The van der Waals surface area contributed by atoms with Crippen molar-refractivity contribution in [1.82, 2.24) is 0 Å². The normalized spacial score (nSPS) is 15.1. The number of aliphatic carboxylic acids is 1. The molecule has 0 bridgehead atoms. The van der Waals surface area contributed by atoms with Crippen molar-refractivity contribution in [3.05, 3.63) is 53.8 Å². The van der Waals surface area contributed by atoms with Crippen LogP contribution < -0.4 is 15.5 Å². The molecule has 3 N–H and O–H groups in total. The van der Waals surface area contributed by atoms with Gasteiger partial charge >= 0.3 is 12.0 Å². The molecule has 8 heteroatoms. The zero-order valence-electron chi connectivity index (χ0n) is 18.4. The molecular weight excluding hydrogens is 413 g/mol. The Kier molecular flexibility index (Phi) is 8.05. The van der Waals surface area contributed by atoms with E-state index in [9.17, 15) is 14.0 Å². The SMILES string of the molecule is CCN(c1ccc(C(C)CC(=O)O)cc1NC(=O)Nc1ccccc1F)C1CCOCC1. The molecule has 3 rings (SSSR count). The molecule has 0 aliphatic carbocycles. The van der Waals surface area contributed by atoms with Gasteiger partial charge in [0.25, 0.3) is 0 Å². The number of halogens is 1. The first-order valence-corrected chi connectivity index (χ1v) is 10.9. The Balaban J connectivity index is 1.90. The molecule has 0 saturated carbocycles. The van der Waals surface area contributed by atoms with Gasteiger partial charge in [0.15, 0.2) is 0 Å². The summed E-state index contributed by atoms with van der Waals surface area (Å²) in [5.74, 6) is -1.63. The molecule has 1 aliphatic rings. The zero-order valence-corrected chi connectivity index (χ0v) is 18.4. The first kappa shape index (κ1) is 23.5. The van der Waals surface area contributed by atoms with Gasteiger partial charge in [-0.05, 0) is 55.5 Å². The van der Waals surface area contributed by atoms with Crippen LogP contribution in [-0.2, 0) is 9.53 Å². The van der Waals surface area contributed by atoms with Gasteiger partial charge in [0.2, 0.25) is 0 Å². The molecule has 1 heterocycles.